The number of hydrogen-bond donors (Lipinski definition) is 1. The van der Waals surface area contributed by atoms with Crippen LogP contribution >= 0.6 is 0 Å². The zero-order chi connectivity index (χ0) is 20.7. The van der Waals surface area contributed by atoms with E-state index in [-0.39, 0.29) is 11.3 Å². The van der Waals surface area contributed by atoms with Crippen LogP contribution in [0.25, 0.3) is 6.08 Å². The molecule has 0 aromatic heterocycles. The molecule has 0 unspecified atom stereocenters. The monoisotopic (exact) mass is 383 g/mol. The largest absolute Gasteiger partial charge is 0.495 e. The fourth-order valence-corrected chi connectivity index (χ4v) is 2.68. The minimum Gasteiger partial charge on any atom is -0.495 e. The second-order valence-electron chi connectivity index (χ2n) is 7.33. The van der Waals surface area contributed by atoms with E-state index in [0.29, 0.717) is 29.5 Å². The van der Waals surface area contributed by atoms with Crippen LogP contribution in [-0.4, -0.2) is 26.7 Å². The predicted octanol–water partition coefficient (Wildman–Crippen LogP) is 5.05. The molecule has 150 valence electrons. The van der Waals surface area contributed by atoms with Crippen LogP contribution in [0.2, 0.25) is 0 Å². The maximum Gasteiger partial charge on any atom is 0.248 e. The Labute approximate surface area is 167 Å². The number of nitrogens with one attached hydrogen (secondary N) is 1. The van der Waals surface area contributed by atoms with E-state index < -0.39 is 0 Å². The van der Waals surface area contributed by atoms with Crippen LogP contribution in [0, 0.1) is 0 Å². The van der Waals surface area contributed by atoms with Crippen molar-refractivity contribution in [2.45, 2.75) is 33.1 Å². The van der Waals surface area contributed by atoms with E-state index in [1.807, 2.05) is 43.3 Å². The number of anilines is 1. The van der Waals surface area contributed by atoms with Crippen LogP contribution in [0.3, 0.4) is 0 Å². The van der Waals surface area contributed by atoms with Gasteiger partial charge >= 0.3 is 0 Å². The van der Waals surface area contributed by atoms with E-state index in [0.717, 1.165) is 11.1 Å². The number of amides is 1. The van der Waals surface area contributed by atoms with Gasteiger partial charge in [-0.2, -0.15) is 0 Å². The number of hydrogen-bond acceptors (Lipinski definition) is 4. The van der Waals surface area contributed by atoms with Crippen molar-refractivity contribution < 1.29 is 19.0 Å². The number of methoxy groups -OCH3 is 2. The molecular formula is C23H29NO4. The van der Waals surface area contributed by atoms with Gasteiger partial charge in [0, 0.05) is 6.08 Å². The molecule has 0 saturated carbocycles. The molecule has 0 saturated heterocycles. The maximum atomic E-state index is 12.4. The van der Waals surface area contributed by atoms with Gasteiger partial charge in [-0.15, -0.1) is 0 Å². The first kappa shape index (κ1) is 21.4. The van der Waals surface area contributed by atoms with Crippen LogP contribution in [-0.2, 0) is 10.2 Å². The first-order chi connectivity index (χ1) is 13.3. The molecule has 2 rings (SSSR count). The van der Waals surface area contributed by atoms with Crippen molar-refractivity contribution in [2.24, 2.45) is 0 Å². The lowest BCUT2D eigenvalue weighted by Crippen LogP contribution is -2.14. The molecule has 5 nitrogen and oxygen atoms in total. The SMILES string of the molecule is CCOc1ccc(/C=C/C(=O)Nc2cc(C(C)(C)C)ccc2OC)cc1OC. The second-order valence-corrected chi connectivity index (χ2v) is 7.33. The van der Waals surface area contributed by atoms with Gasteiger partial charge in [-0.25, -0.2) is 0 Å². The van der Waals surface area contributed by atoms with Crippen molar-refractivity contribution in [1.29, 1.82) is 0 Å². The highest BCUT2D eigenvalue weighted by Gasteiger charge is 2.16. The van der Waals surface area contributed by atoms with Gasteiger partial charge in [0.2, 0.25) is 5.91 Å². The highest BCUT2D eigenvalue weighted by molar-refractivity contribution is 6.02. The molecule has 2 aromatic rings. The normalized spacial score (nSPS) is 11.4. The molecule has 0 fully saturated rings. The van der Waals surface area contributed by atoms with Gasteiger partial charge in [-0.1, -0.05) is 32.9 Å². The summed E-state index contributed by atoms with van der Waals surface area (Å²) in [7, 11) is 3.18. The van der Waals surface area contributed by atoms with Gasteiger partial charge in [0.25, 0.3) is 0 Å². The van der Waals surface area contributed by atoms with Crippen molar-refractivity contribution in [3.8, 4) is 17.2 Å². The van der Waals surface area contributed by atoms with Gasteiger partial charge < -0.3 is 19.5 Å². The number of carbonyl (C=O) groups is 1. The number of rotatable bonds is 7. The third-order valence-electron chi connectivity index (χ3n) is 4.24. The molecule has 1 N–H and O–H groups in total. The summed E-state index contributed by atoms with van der Waals surface area (Å²) in [6, 6.07) is 11.4. The summed E-state index contributed by atoms with van der Waals surface area (Å²) in [6.07, 6.45) is 3.21. The first-order valence-electron chi connectivity index (χ1n) is 9.27. The lowest BCUT2D eigenvalue weighted by molar-refractivity contribution is -0.111. The third-order valence-corrected chi connectivity index (χ3v) is 4.24. The first-order valence-corrected chi connectivity index (χ1v) is 9.27. The summed E-state index contributed by atoms with van der Waals surface area (Å²) in [5, 5.41) is 2.90. The maximum absolute atomic E-state index is 12.4. The topological polar surface area (TPSA) is 56.8 Å². The zero-order valence-corrected chi connectivity index (χ0v) is 17.5. The van der Waals surface area contributed by atoms with Crippen molar-refractivity contribution in [2.75, 3.05) is 26.1 Å². The molecule has 1 amide bonds. The number of benzene rings is 2. The third kappa shape index (κ3) is 5.52. The molecule has 0 aliphatic rings. The molecule has 0 bridgehead atoms. The summed E-state index contributed by atoms with van der Waals surface area (Å²) < 4.78 is 16.2. The van der Waals surface area contributed by atoms with Crippen molar-refractivity contribution in [1.82, 2.24) is 0 Å². The summed E-state index contributed by atoms with van der Waals surface area (Å²) in [5.41, 5.74) is 2.57. The Hall–Kier alpha value is -2.95. The van der Waals surface area contributed by atoms with E-state index in [9.17, 15) is 4.79 Å². The quantitative estimate of drug-likeness (QED) is 0.680. The Kier molecular flexibility index (Phi) is 7.10. The number of carbonyl (C=O) groups excluding carboxylic acids is 1. The van der Waals surface area contributed by atoms with E-state index >= 15 is 0 Å². The van der Waals surface area contributed by atoms with Gasteiger partial charge in [-0.3, -0.25) is 4.79 Å². The molecule has 0 heterocycles. The molecule has 0 spiro atoms. The van der Waals surface area contributed by atoms with E-state index in [2.05, 4.69) is 26.1 Å². The van der Waals surface area contributed by atoms with Crippen molar-refractivity contribution >= 4 is 17.7 Å². The fraction of sp³-hybridized carbons (Fsp3) is 0.348. The van der Waals surface area contributed by atoms with Gasteiger partial charge in [0.15, 0.2) is 11.5 Å². The molecule has 28 heavy (non-hydrogen) atoms. The molecule has 0 aliphatic heterocycles. The Balaban J connectivity index is 2.18. The minimum atomic E-state index is -0.239. The summed E-state index contributed by atoms with van der Waals surface area (Å²) in [6.45, 7) is 8.85. The van der Waals surface area contributed by atoms with Crippen LogP contribution in [0.1, 0.15) is 38.8 Å². The zero-order valence-electron chi connectivity index (χ0n) is 17.5. The van der Waals surface area contributed by atoms with Crippen LogP contribution in [0.4, 0.5) is 5.69 Å². The highest BCUT2D eigenvalue weighted by atomic mass is 16.5. The van der Waals surface area contributed by atoms with Crippen LogP contribution < -0.4 is 19.5 Å². The molecule has 0 aliphatic carbocycles. The molecule has 0 atom stereocenters. The number of ether oxygens (including phenoxy) is 3. The smallest absolute Gasteiger partial charge is 0.248 e. The van der Waals surface area contributed by atoms with Gasteiger partial charge in [-0.05, 0) is 53.8 Å². The van der Waals surface area contributed by atoms with Gasteiger partial charge in [0.1, 0.15) is 5.75 Å². The summed E-state index contributed by atoms with van der Waals surface area (Å²) in [5.74, 6) is 1.69. The standard InChI is InChI=1S/C23H29NO4/c1-7-28-20-11-8-16(14-21(20)27-6)9-13-22(25)24-18-15-17(23(2,3)4)10-12-19(18)26-5/h8-15H,7H2,1-6H3,(H,24,25)/b13-9+. The Morgan fingerprint density at radius 1 is 1.00 bits per heavy atom. The summed E-state index contributed by atoms with van der Waals surface area (Å²) >= 11 is 0. The molecule has 5 heteroatoms. The van der Waals surface area contributed by atoms with E-state index in [4.69, 9.17) is 14.2 Å². The fourth-order valence-electron chi connectivity index (χ4n) is 2.68. The molecule has 0 radical (unpaired) electrons. The lowest BCUT2D eigenvalue weighted by atomic mass is 9.87. The van der Waals surface area contributed by atoms with Crippen LogP contribution in [0.5, 0.6) is 17.2 Å². The second kappa shape index (κ2) is 9.31. The average Bonchev–Trinajstić information content (AvgIpc) is 2.66. The summed E-state index contributed by atoms with van der Waals surface area (Å²) in [4.78, 5) is 12.4. The van der Waals surface area contributed by atoms with Crippen LogP contribution in [0.15, 0.2) is 42.5 Å². The van der Waals surface area contributed by atoms with Crippen molar-refractivity contribution in [3.05, 3.63) is 53.6 Å². The van der Waals surface area contributed by atoms with Gasteiger partial charge in [0.05, 0.1) is 26.5 Å². The highest BCUT2D eigenvalue weighted by Crippen LogP contribution is 2.32. The minimum absolute atomic E-state index is 0.0273. The predicted molar refractivity (Wildman–Crippen MR) is 114 cm³/mol. The van der Waals surface area contributed by atoms with E-state index in [1.54, 1.807) is 20.3 Å². The Morgan fingerprint density at radius 2 is 1.68 bits per heavy atom. The molecular weight excluding hydrogens is 354 g/mol. The van der Waals surface area contributed by atoms with Crippen molar-refractivity contribution in [3.63, 3.8) is 0 Å². The van der Waals surface area contributed by atoms with E-state index in [1.165, 1.54) is 6.08 Å². The molecule has 2 aromatic carbocycles. The Morgan fingerprint density at radius 3 is 2.29 bits per heavy atom. The average molecular weight is 383 g/mol. The Bertz CT molecular complexity index is 850. The lowest BCUT2D eigenvalue weighted by Gasteiger charge is -2.21.